The molecule has 22 heavy (non-hydrogen) atoms. The van der Waals surface area contributed by atoms with Crippen LogP contribution in [0, 0.1) is 11.3 Å². The molecule has 0 radical (unpaired) electrons. The number of aryl methyl sites for hydroxylation is 1. The molecule has 3 rings (SSSR count). The molecule has 0 saturated carbocycles. The van der Waals surface area contributed by atoms with Crippen LogP contribution >= 0.6 is 0 Å². The van der Waals surface area contributed by atoms with Crippen molar-refractivity contribution in [2.75, 3.05) is 6.61 Å². The van der Waals surface area contributed by atoms with Crippen molar-refractivity contribution in [1.29, 1.82) is 5.26 Å². The molecule has 0 fully saturated rings. The van der Waals surface area contributed by atoms with E-state index in [9.17, 15) is 4.79 Å². The molecule has 0 aliphatic heterocycles. The van der Waals surface area contributed by atoms with Gasteiger partial charge in [-0.15, -0.1) is 0 Å². The number of nitrogens with one attached hydrogen (secondary N) is 1. The molecule has 1 atom stereocenters. The van der Waals surface area contributed by atoms with E-state index in [1.165, 1.54) is 11.1 Å². The van der Waals surface area contributed by atoms with Crippen molar-refractivity contribution < 1.29 is 9.53 Å². The molecule has 1 aliphatic carbocycles. The Bertz CT molecular complexity index is 734. The second-order valence-corrected chi connectivity index (χ2v) is 5.25. The topological polar surface area (TPSA) is 62.1 Å². The normalized spacial score (nSPS) is 15.7. The number of fused-ring (bicyclic) bond motifs is 1. The largest absolute Gasteiger partial charge is 0.482 e. The van der Waals surface area contributed by atoms with Gasteiger partial charge in [0.1, 0.15) is 11.8 Å². The predicted molar refractivity (Wildman–Crippen MR) is 82.3 cm³/mol. The van der Waals surface area contributed by atoms with Crippen LogP contribution in [0.3, 0.4) is 0 Å². The second kappa shape index (κ2) is 6.31. The van der Waals surface area contributed by atoms with E-state index in [-0.39, 0.29) is 18.6 Å². The maximum Gasteiger partial charge on any atom is 0.258 e. The molecule has 0 saturated heterocycles. The van der Waals surface area contributed by atoms with Crippen LogP contribution in [0.1, 0.15) is 29.2 Å². The van der Waals surface area contributed by atoms with E-state index < -0.39 is 0 Å². The Morgan fingerprint density at radius 1 is 1.23 bits per heavy atom. The van der Waals surface area contributed by atoms with Crippen LogP contribution in [0.15, 0.2) is 48.5 Å². The maximum atomic E-state index is 12.1. The summed E-state index contributed by atoms with van der Waals surface area (Å²) in [7, 11) is 0. The van der Waals surface area contributed by atoms with Crippen LogP contribution < -0.4 is 10.1 Å². The minimum atomic E-state index is -0.172. The van der Waals surface area contributed by atoms with Gasteiger partial charge in [-0.1, -0.05) is 36.4 Å². The summed E-state index contributed by atoms with van der Waals surface area (Å²) in [5.41, 5.74) is 2.92. The zero-order chi connectivity index (χ0) is 15.4. The Morgan fingerprint density at radius 3 is 2.86 bits per heavy atom. The second-order valence-electron chi connectivity index (χ2n) is 5.25. The average Bonchev–Trinajstić information content (AvgIpc) is 2.96. The maximum absolute atomic E-state index is 12.1. The molecule has 1 aliphatic rings. The van der Waals surface area contributed by atoms with Crippen molar-refractivity contribution in [2.24, 2.45) is 0 Å². The highest BCUT2D eigenvalue weighted by molar-refractivity contribution is 5.78. The van der Waals surface area contributed by atoms with E-state index in [4.69, 9.17) is 10.00 Å². The number of carbonyl (C=O) groups excluding carboxylic acids is 1. The average molecular weight is 292 g/mol. The lowest BCUT2D eigenvalue weighted by molar-refractivity contribution is -0.123. The van der Waals surface area contributed by atoms with Gasteiger partial charge in [0.05, 0.1) is 11.6 Å². The molecule has 0 unspecified atom stereocenters. The van der Waals surface area contributed by atoms with E-state index in [1.807, 2.05) is 18.2 Å². The molecular weight excluding hydrogens is 276 g/mol. The third-order valence-corrected chi connectivity index (χ3v) is 3.83. The summed E-state index contributed by atoms with van der Waals surface area (Å²) in [6.45, 7) is -0.0860. The molecular formula is C18H16N2O2. The first-order valence-corrected chi connectivity index (χ1v) is 7.27. The van der Waals surface area contributed by atoms with Gasteiger partial charge in [0, 0.05) is 0 Å². The van der Waals surface area contributed by atoms with Gasteiger partial charge in [0.2, 0.25) is 0 Å². The summed E-state index contributed by atoms with van der Waals surface area (Å²) in [5.74, 6) is 0.265. The fourth-order valence-corrected chi connectivity index (χ4v) is 2.77. The fraction of sp³-hybridized carbons (Fsp3) is 0.222. The van der Waals surface area contributed by atoms with Crippen LogP contribution in [0.25, 0.3) is 0 Å². The predicted octanol–water partition coefficient (Wildman–Crippen LogP) is 2.74. The van der Waals surface area contributed by atoms with Gasteiger partial charge in [-0.3, -0.25) is 4.79 Å². The van der Waals surface area contributed by atoms with Gasteiger partial charge >= 0.3 is 0 Å². The van der Waals surface area contributed by atoms with Crippen LogP contribution in [0.2, 0.25) is 0 Å². The summed E-state index contributed by atoms with van der Waals surface area (Å²) < 4.78 is 5.45. The van der Waals surface area contributed by atoms with Crippen LogP contribution in [-0.4, -0.2) is 12.5 Å². The first kappa shape index (κ1) is 14.2. The molecule has 1 amide bonds. The standard InChI is InChI=1S/C18H16N2O2/c19-11-14-6-2-4-8-17(14)22-12-18(21)20-16-10-9-13-5-1-3-7-15(13)16/h1-8,16H,9-10,12H2,(H,20,21)/t16-/m1/s1. The van der Waals surface area contributed by atoms with Crippen molar-refractivity contribution in [3.8, 4) is 11.8 Å². The zero-order valence-electron chi connectivity index (χ0n) is 12.1. The summed E-state index contributed by atoms with van der Waals surface area (Å²) in [6, 6.07) is 17.2. The van der Waals surface area contributed by atoms with Crippen molar-refractivity contribution in [3.05, 3.63) is 65.2 Å². The van der Waals surface area contributed by atoms with Crippen LogP contribution in [-0.2, 0) is 11.2 Å². The number of nitriles is 1. The van der Waals surface area contributed by atoms with Crippen molar-refractivity contribution >= 4 is 5.91 Å². The van der Waals surface area contributed by atoms with Crippen molar-refractivity contribution in [3.63, 3.8) is 0 Å². The van der Waals surface area contributed by atoms with Crippen molar-refractivity contribution in [1.82, 2.24) is 5.32 Å². The van der Waals surface area contributed by atoms with E-state index >= 15 is 0 Å². The minimum Gasteiger partial charge on any atom is -0.482 e. The number of hydrogen-bond donors (Lipinski definition) is 1. The lowest BCUT2D eigenvalue weighted by Gasteiger charge is -2.14. The SMILES string of the molecule is N#Cc1ccccc1OCC(=O)N[C@@H]1CCc2ccccc21. The quantitative estimate of drug-likeness (QED) is 0.942. The first-order chi connectivity index (χ1) is 10.8. The number of carbonyl (C=O) groups is 1. The molecule has 0 bridgehead atoms. The van der Waals surface area contributed by atoms with Crippen LogP contribution in [0.5, 0.6) is 5.75 Å². The van der Waals surface area contributed by atoms with Gasteiger partial charge in [-0.25, -0.2) is 0 Å². The Kier molecular flexibility index (Phi) is 4.06. The van der Waals surface area contributed by atoms with Gasteiger partial charge in [-0.2, -0.15) is 5.26 Å². The highest BCUT2D eigenvalue weighted by atomic mass is 16.5. The lowest BCUT2D eigenvalue weighted by atomic mass is 10.1. The smallest absolute Gasteiger partial charge is 0.258 e. The number of amides is 1. The third kappa shape index (κ3) is 2.94. The minimum absolute atomic E-state index is 0.0542. The molecule has 2 aromatic rings. The highest BCUT2D eigenvalue weighted by Crippen LogP contribution is 2.30. The zero-order valence-corrected chi connectivity index (χ0v) is 12.1. The number of ether oxygens (including phenoxy) is 1. The van der Waals surface area contributed by atoms with E-state index in [2.05, 4.69) is 17.4 Å². The van der Waals surface area contributed by atoms with Gasteiger partial charge in [0.15, 0.2) is 6.61 Å². The molecule has 110 valence electrons. The Balaban J connectivity index is 1.59. The highest BCUT2D eigenvalue weighted by Gasteiger charge is 2.23. The Hall–Kier alpha value is -2.80. The monoisotopic (exact) mass is 292 g/mol. The molecule has 0 heterocycles. The molecule has 4 nitrogen and oxygen atoms in total. The van der Waals surface area contributed by atoms with E-state index in [0.29, 0.717) is 11.3 Å². The molecule has 1 N–H and O–H groups in total. The molecule has 0 aromatic heterocycles. The third-order valence-electron chi connectivity index (χ3n) is 3.83. The van der Waals surface area contributed by atoms with Gasteiger partial charge < -0.3 is 10.1 Å². The van der Waals surface area contributed by atoms with Gasteiger partial charge in [0.25, 0.3) is 5.91 Å². The van der Waals surface area contributed by atoms with E-state index in [0.717, 1.165) is 12.8 Å². The summed E-state index contributed by atoms with van der Waals surface area (Å²) in [6.07, 6.45) is 1.90. The molecule has 2 aromatic carbocycles. The molecule has 0 spiro atoms. The Labute approximate surface area is 129 Å². The summed E-state index contributed by atoms with van der Waals surface area (Å²) in [4.78, 5) is 12.1. The van der Waals surface area contributed by atoms with Crippen LogP contribution in [0.4, 0.5) is 0 Å². The van der Waals surface area contributed by atoms with Crippen molar-refractivity contribution in [2.45, 2.75) is 18.9 Å². The number of hydrogen-bond acceptors (Lipinski definition) is 3. The number of benzene rings is 2. The fourth-order valence-electron chi connectivity index (χ4n) is 2.77. The summed E-state index contributed by atoms with van der Waals surface area (Å²) in [5, 5.41) is 12.0. The molecule has 4 heteroatoms. The summed E-state index contributed by atoms with van der Waals surface area (Å²) >= 11 is 0. The number of rotatable bonds is 4. The lowest BCUT2D eigenvalue weighted by Crippen LogP contribution is -2.31. The Morgan fingerprint density at radius 2 is 2.00 bits per heavy atom. The number of para-hydroxylation sites is 1. The number of nitrogens with zero attached hydrogens (tertiary/aromatic N) is 1. The van der Waals surface area contributed by atoms with E-state index in [1.54, 1.807) is 24.3 Å². The van der Waals surface area contributed by atoms with Gasteiger partial charge in [-0.05, 0) is 36.1 Å². The first-order valence-electron chi connectivity index (χ1n) is 7.27.